The van der Waals surface area contributed by atoms with Gasteiger partial charge in [-0.15, -0.1) is 24.2 Å². The number of H-pyrrole nitrogens is 1. The molecule has 0 bridgehead atoms. The number of rotatable bonds is 8. The second kappa shape index (κ2) is 11.0. The van der Waals surface area contributed by atoms with Gasteiger partial charge in [0.15, 0.2) is 5.82 Å². The normalized spacial score (nSPS) is 11.7. The third-order valence-electron chi connectivity index (χ3n) is 4.27. The van der Waals surface area contributed by atoms with Gasteiger partial charge in [-0.05, 0) is 35.7 Å². The van der Waals surface area contributed by atoms with Gasteiger partial charge in [0.1, 0.15) is 5.82 Å². The quantitative estimate of drug-likeness (QED) is 0.495. The summed E-state index contributed by atoms with van der Waals surface area (Å²) in [6, 6.07) is 17.7. The summed E-state index contributed by atoms with van der Waals surface area (Å²) < 4.78 is 0. The molecule has 0 aliphatic heterocycles. The average Bonchev–Trinajstić information content (AvgIpc) is 3.18. The van der Waals surface area contributed by atoms with Crippen LogP contribution < -0.4 is 11.1 Å². The maximum absolute atomic E-state index is 12.8. The predicted octanol–water partition coefficient (Wildman–Crippen LogP) is 4.25. The van der Waals surface area contributed by atoms with E-state index < -0.39 is 0 Å². The summed E-state index contributed by atoms with van der Waals surface area (Å²) in [5.41, 5.74) is 8.40. The number of benzene rings is 2. The second-order valence-electron chi connectivity index (χ2n) is 6.84. The van der Waals surface area contributed by atoms with Crippen LogP contribution in [0.5, 0.6) is 0 Å². The highest BCUT2D eigenvalue weighted by molar-refractivity contribution is 7.99. The van der Waals surface area contributed by atoms with Crippen molar-refractivity contribution in [3.8, 4) is 11.4 Å². The fraction of sp³-hybridized carbons (Fsp3) is 0.286. The minimum absolute atomic E-state index is 0. The van der Waals surface area contributed by atoms with E-state index in [4.69, 9.17) is 5.73 Å². The van der Waals surface area contributed by atoms with Crippen LogP contribution in [-0.4, -0.2) is 26.3 Å². The number of nitrogens with one attached hydrogen (secondary N) is 2. The maximum atomic E-state index is 12.8. The number of aromatic amines is 1. The monoisotopic (exact) mass is 431 g/mol. The van der Waals surface area contributed by atoms with E-state index in [9.17, 15) is 4.79 Å². The van der Waals surface area contributed by atoms with Gasteiger partial charge in [-0.1, -0.05) is 44.2 Å². The molecule has 0 saturated carbocycles. The van der Waals surface area contributed by atoms with E-state index in [1.165, 1.54) is 5.56 Å². The molecule has 8 heteroatoms. The van der Waals surface area contributed by atoms with Crippen LogP contribution in [0.3, 0.4) is 0 Å². The van der Waals surface area contributed by atoms with Crippen molar-refractivity contribution in [2.75, 3.05) is 5.32 Å². The standard InChI is InChI=1S/C21H25N5OS.ClH/c1-14(2)19(28-13-15-6-4-3-5-7-15)21(27)23-17-10-8-16(9-11-17)20-24-18(12-22)25-26-20;/h3-11,14,19H,12-13,22H2,1-2H3,(H,23,27)(H,24,25,26);1H. The van der Waals surface area contributed by atoms with Crippen LogP contribution in [-0.2, 0) is 17.1 Å². The summed E-state index contributed by atoms with van der Waals surface area (Å²) in [5, 5.41) is 9.84. The number of aromatic nitrogens is 3. The number of halogens is 1. The van der Waals surface area contributed by atoms with Crippen molar-refractivity contribution in [1.29, 1.82) is 0 Å². The number of thioether (sulfide) groups is 1. The van der Waals surface area contributed by atoms with Gasteiger partial charge in [0, 0.05) is 17.0 Å². The fourth-order valence-electron chi connectivity index (χ4n) is 2.76. The largest absolute Gasteiger partial charge is 0.325 e. The Morgan fingerprint density at radius 1 is 1.14 bits per heavy atom. The highest BCUT2D eigenvalue weighted by Gasteiger charge is 2.23. The number of nitrogens with zero attached hydrogens (tertiary/aromatic N) is 2. The van der Waals surface area contributed by atoms with E-state index in [1.54, 1.807) is 11.8 Å². The Kier molecular flexibility index (Phi) is 8.70. The highest BCUT2D eigenvalue weighted by atomic mass is 35.5. The number of carbonyl (C=O) groups excluding carboxylic acids is 1. The van der Waals surface area contributed by atoms with E-state index >= 15 is 0 Å². The summed E-state index contributed by atoms with van der Waals surface area (Å²) in [6.07, 6.45) is 0. The van der Waals surface area contributed by atoms with Crippen LogP contribution in [0.4, 0.5) is 5.69 Å². The molecule has 0 spiro atoms. The van der Waals surface area contributed by atoms with Crippen LogP contribution in [0.2, 0.25) is 0 Å². The Morgan fingerprint density at radius 2 is 1.83 bits per heavy atom. The number of carbonyl (C=O) groups is 1. The molecule has 1 aromatic heterocycles. The third-order valence-corrected chi connectivity index (χ3v) is 5.89. The molecule has 6 nitrogen and oxygen atoms in total. The molecule has 2 aromatic carbocycles. The molecule has 4 N–H and O–H groups in total. The number of hydrogen-bond acceptors (Lipinski definition) is 5. The van der Waals surface area contributed by atoms with Crippen molar-refractivity contribution in [1.82, 2.24) is 15.2 Å². The number of nitrogens with two attached hydrogens (primary N) is 1. The first-order valence-corrected chi connectivity index (χ1v) is 10.3. The Morgan fingerprint density at radius 3 is 2.41 bits per heavy atom. The number of hydrogen-bond donors (Lipinski definition) is 3. The SMILES string of the molecule is CC(C)C(SCc1ccccc1)C(=O)Nc1ccc(-c2n[nH]c(CN)n2)cc1.Cl. The Bertz CT molecular complexity index is 899. The fourth-order valence-corrected chi connectivity index (χ4v) is 3.92. The van der Waals surface area contributed by atoms with Crippen molar-refractivity contribution >= 4 is 35.8 Å². The topological polar surface area (TPSA) is 96.7 Å². The average molecular weight is 432 g/mol. The first-order valence-electron chi connectivity index (χ1n) is 9.25. The van der Waals surface area contributed by atoms with Crippen LogP contribution >= 0.6 is 24.2 Å². The van der Waals surface area contributed by atoms with Gasteiger partial charge >= 0.3 is 0 Å². The van der Waals surface area contributed by atoms with Gasteiger partial charge in [0.05, 0.1) is 11.8 Å². The van der Waals surface area contributed by atoms with Gasteiger partial charge in [0.2, 0.25) is 5.91 Å². The van der Waals surface area contributed by atoms with Crippen LogP contribution in [0, 0.1) is 5.92 Å². The maximum Gasteiger partial charge on any atom is 0.237 e. The molecule has 0 aliphatic carbocycles. The molecule has 0 fully saturated rings. The minimum Gasteiger partial charge on any atom is -0.325 e. The third kappa shape index (κ3) is 6.32. The smallest absolute Gasteiger partial charge is 0.237 e. The summed E-state index contributed by atoms with van der Waals surface area (Å²) in [5.74, 6) is 2.30. The molecular weight excluding hydrogens is 406 g/mol. The zero-order valence-electron chi connectivity index (χ0n) is 16.5. The summed E-state index contributed by atoms with van der Waals surface area (Å²) in [6.45, 7) is 4.46. The van der Waals surface area contributed by atoms with Crippen molar-refractivity contribution in [3.63, 3.8) is 0 Å². The Hall–Kier alpha value is -2.35. The molecular formula is C21H26ClN5OS. The molecule has 1 amide bonds. The van der Waals surface area contributed by atoms with E-state index in [1.807, 2.05) is 42.5 Å². The van der Waals surface area contributed by atoms with Crippen molar-refractivity contribution in [3.05, 3.63) is 66.0 Å². The van der Waals surface area contributed by atoms with Gasteiger partial charge in [0.25, 0.3) is 0 Å². The Labute approximate surface area is 181 Å². The van der Waals surface area contributed by atoms with E-state index in [0.717, 1.165) is 17.0 Å². The van der Waals surface area contributed by atoms with Gasteiger partial charge in [-0.25, -0.2) is 4.98 Å². The molecule has 3 aromatic rings. The highest BCUT2D eigenvalue weighted by Crippen LogP contribution is 2.26. The van der Waals surface area contributed by atoms with E-state index in [0.29, 0.717) is 18.2 Å². The lowest BCUT2D eigenvalue weighted by Crippen LogP contribution is -2.29. The zero-order valence-corrected chi connectivity index (χ0v) is 18.1. The van der Waals surface area contributed by atoms with Gasteiger partial charge < -0.3 is 11.1 Å². The van der Waals surface area contributed by atoms with Crippen molar-refractivity contribution < 1.29 is 4.79 Å². The van der Waals surface area contributed by atoms with Crippen molar-refractivity contribution in [2.45, 2.75) is 31.4 Å². The molecule has 29 heavy (non-hydrogen) atoms. The van der Waals surface area contributed by atoms with Crippen LogP contribution in [0.15, 0.2) is 54.6 Å². The summed E-state index contributed by atoms with van der Waals surface area (Å²) >= 11 is 1.67. The summed E-state index contributed by atoms with van der Waals surface area (Å²) in [7, 11) is 0. The van der Waals surface area contributed by atoms with Crippen LogP contribution in [0.1, 0.15) is 25.2 Å². The van der Waals surface area contributed by atoms with Crippen LogP contribution in [0.25, 0.3) is 11.4 Å². The zero-order chi connectivity index (χ0) is 19.9. The summed E-state index contributed by atoms with van der Waals surface area (Å²) in [4.78, 5) is 17.1. The molecule has 3 rings (SSSR count). The molecule has 1 unspecified atom stereocenters. The van der Waals surface area contributed by atoms with E-state index in [2.05, 4.69) is 46.5 Å². The minimum atomic E-state index is -0.125. The molecule has 0 saturated heterocycles. The molecule has 1 atom stereocenters. The second-order valence-corrected chi connectivity index (χ2v) is 7.97. The lowest BCUT2D eigenvalue weighted by Gasteiger charge is -2.20. The first kappa shape index (κ1) is 22.9. The molecule has 1 heterocycles. The predicted molar refractivity (Wildman–Crippen MR) is 122 cm³/mol. The molecule has 0 radical (unpaired) electrons. The van der Waals surface area contributed by atoms with E-state index in [-0.39, 0.29) is 29.5 Å². The van der Waals surface area contributed by atoms with Gasteiger partial charge in [-0.2, -0.15) is 5.10 Å². The number of amides is 1. The number of anilines is 1. The lowest BCUT2D eigenvalue weighted by atomic mass is 10.1. The first-order chi connectivity index (χ1) is 13.6. The molecule has 154 valence electrons. The Balaban J connectivity index is 0.00000300. The molecule has 0 aliphatic rings. The van der Waals surface area contributed by atoms with Crippen molar-refractivity contribution in [2.24, 2.45) is 11.7 Å². The van der Waals surface area contributed by atoms with Gasteiger partial charge in [-0.3, -0.25) is 9.89 Å². The lowest BCUT2D eigenvalue weighted by molar-refractivity contribution is -0.116.